The summed E-state index contributed by atoms with van der Waals surface area (Å²) in [6.07, 6.45) is 3.54. The summed E-state index contributed by atoms with van der Waals surface area (Å²) in [5, 5.41) is 0. The van der Waals surface area contributed by atoms with Gasteiger partial charge in [0.2, 0.25) is 5.91 Å². The largest absolute Gasteiger partial charge is 0.398 e. The van der Waals surface area contributed by atoms with Crippen LogP contribution in [-0.4, -0.2) is 41.9 Å². The van der Waals surface area contributed by atoms with Gasteiger partial charge in [-0.3, -0.25) is 9.69 Å². The maximum absolute atomic E-state index is 12.3. The fourth-order valence-corrected chi connectivity index (χ4v) is 2.63. The molecule has 0 atom stereocenters. The van der Waals surface area contributed by atoms with Crippen molar-refractivity contribution in [1.29, 1.82) is 0 Å². The Morgan fingerprint density at radius 3 is 2.60 bits per heavy atom. The van der Waals surface area contributed by atoms with Crippen LogP contribution in [-0.2, 0) is 11.3 Å². The molecule has 4 nitrogen and oxygen atoms in total. The average Bonchev–Trinajstić information content (AvgIpc) is 2.49. The van der Waals surface area contributed by atoms with E-state index < -0.39 is 0 Å². The van der Waals surface area contributed by atoms with E-state index in [1.807, 2.05) is 29.2 Å². The molecule has 0 spiro atoms. The van der Waals surface area contributed by atoms with Gasteiger partial charge in [-0.15, -0.1) is 0 Å². The first-order valence-electron chi connectivity index (χ1n) is 7.54. The van der Waals surface area contributed by atoms with Crippen molar-refractivity contribution in [3.63, 3.8) is 0 Å². The SMILES string of the molecule is CCN(CC(=O)N1CCCCC1)Cc1ccccc1N. The van der Waals surface area contributed by atoms with Gasteiger partial charge in [0, 0.05) is 25.3 Å². The summed E-state index contributed by atoms with van der Waals surface area (Å²) in [4.78, 5) is 16.5. The minimum Gasteiger partial charge on any atom is -0.398 e. The van der Waals surface area contributed by atoms with E-state index >= 15 is 0 Å². The van der Waals surface area contributed by atoms with Crippen molar-refractivity contribution < 1.29 is 4.79 Å². The Bertz CT molecular complexity index is 441. The highest BCUT2D eigenvalue weighted by molar-refractivity contribution is 5.78. The van der Waals surface area contributed by atoms with Gasteiger partial charge >= 0.3 is 0 Å². The van der Waals surface area contributed by atoms with Crippen molar-refractivity contribution in [3.8, 4) is 0 Å². The predicted molar refractivity (Wildman–Crippen MR) is 82.2 cm³/mol. The lowest BCUT2D eigenvalue weighted by atomic mass is 10.1. The van der Waals surface area contributed by atoms with Gasteiger partial charge in [-0.1, -0.05) is 25.1 Å². The molecule has 1 heterocycles. The van der Waals surface area contributed by atoms with Crippen LogP contribution in [0.25, 0.3) is 0 Å². The second kappa shape index (κ2) is 7.29. The zero-order valence-corrected chi connectivity index (χ0v) is 12.3. The first-order valence-corrected chi connectivity index (χ1v) is 7.54. The van der Waals surface area contributed by atoms with Gasteiger partial charge < -0.3 is 10.6 Å². The summed E-state index contributed by atoms with van der Waals surface area (Å²) in [5.74, 6) is 0.251. The second-order valence-corrected chi connectivity index (χ2v) is 5.44. The number of likely N-dealkylation sites (N-methyl/N-ethyl adjacent to an activating group) is 1. The zero-order chi connectivity index (χ0) is 14.4. The lowest BCUT2D eigenvalue weighted by Crippen LogP contribution is -2.42. The summed E-state index contributed by atoms with van der Waals surface area (Å²) in [6, 6.07) is 7.87. The number of nitrogens with two attached hydrogens (primary N) is 1. The molecule has 20 heavy (non-hydrogen) atoms. The lowest BCUT2D eigenvalue weighted by molar-refractivity contribution is -0.133. The van der Waals surface area contributed by atoms with E-state index in [9.17, 15) is 4.79 Å². The van der Waals surface area contributed by atoms with Crippen LogP contribution in [0.3, 0.4) is 0 Å². The molecule has 2 rings (SSSR count). The Morgan fingerprint density at radius 1 is 1.25 bits per heavy atom. The van der Waals surface area contributed by atoms with Crippen molar-refractivity contribution in [2.24, 2.45) is 0 Å². The Balaban J connectivity index is 1.91. The van der Waals surface area contributed by atoms with Gasteiger partial charge in [0.25, 0.3) is 0 Å². The van der Waals surface area contributed by atoms with Crippen molar-refractivity contribution in [2.45, 2.75) is 32.7 Å². The van der Waals surface area contributed by atoms with Gasteiger partial charge in [0.1, 0.15) is 0 Å². The molecule has 1 amide bonds. The van der Waals surface area contributed by atoms with E-state index in [0.29, 0.717) is 6.54 Å². The zero-order valence-electron chi connectivity index (χ0n) is 12.3. The highest BCUT2D eigenvalue weighted by Gasteiger charge is 2.19. The third-order valence-electron chi connectivity index (χ3n) is 3.96. The number of hydrogen-bond acceptors (Lipinski definition) is 3. The van der Waals surface area contributed by atoms with Crippen LogP contribution in [0.2, 0.25) is 0 Å². The van der Waals surface area contributed by atoms with Crippen LogP contribution in [0.1, 0.15) is 31.7 Å². The first kappa shape index (κ1) is 14.9. The Labute approximate surface area is 121 Å². The van der Waals surface area contributed by atoms with Crippen LogP contribution in [0.5, 0.6) is 0 Å². The third kappa shape index (κ3) is 3.97. The van der Waals surface area contributed by atoms with Gasteiger partial charge in [-0.05, 0) is 37.4 Å². The maximum atomic E-state index is 12.3. The molecule has 2 N–H and O–H groups in total. The van der Waals surface area contributed by atoms with Crippen molar-refractivity contribution in [2.75, 3.05) is 31.9 Å². The molecule has 1 fully saturated rings. The number of amides is 1. The smallest absolute Gasteiger partial charge is 0.236 e. The van der Waals surface area contributed by atoms with Crippen molar-refractivity contribution in [1.82, 2.24) is 9.80 Å². The van der Waals surface area contributed by atoms with Crippen LogP contribution < -0.4 is 5.73 Å². The fourth-order valence-electron chi connectivity index (χ4n) is 2.63. The van der Waals surface area contributed by atoms with Gasteiger partial charge in [0.05, 0.1) is 6.54 Å². The third-order valence-corrected chi connectivity index (χ3v) is 3.96. The Morgan fingerprint density at radius 2 is 1.95 bits per heavy atom. The second-order valence-electron chi connectivity index (χ2n) is 5.44. The molecule has 1 aromatic carbocycles. The lowest BCUT2D eigenvalue weighted by Gasteiger charge is -2.29. The first-order chi connectivity index (χ1) is 9.70. The molecule has 0 bridgehead atoms. The molecule has 1 aliphatic rings. The van der Waals surface area contributed by atoms with Crippen LogP contribution in [0.15, 0.2) is 24.3 Å². The number of hydrogen-bond donors (Lipinski definition) is 1. The molecule has 0 saturated carbocycles. The number of anilines is 1. The van der Waals surface area contributed by atoms with E-state index in [1.165, 1.54) is 6.42 Å². The molecule has 4 heteroatoms. The molecule has 110 valence electrons. The van der Waals surface area contributed by atoms with Crippen LogP contribution >= 0.6 is 0 Å². The molecule has 1 saturated heterocycles. The minimum atomic E-state index is 0.251. The van der Waals surface area contributed by atoms with Gasteiger partial charge in [-0.25, -0.2) is 0 Å². The molecule has 0 unspecified atom stereocenters. The van der Waals surface area contributed by atoms with E-state index in [0.717, 1.165) is 50.3 Å². The summed E-state index contributed by atoms with van der Waals surface area (Å²) in [5.41, 5.74) is 7.88. The molecule has 0 radical (unpaired) electrons. The number of nitrogen functional groups attached to an aromatic ring is 1. The standard InChI is InChI=1S/C16H25N3O/c1-2-18(12-14-8-4-5-9-15(14)17)13-16(20)19-10-6-3-7-11-19/h4-5,8-9H,2-3,6-7,10-13,17H2,1H3. The Kier molecular flexibility index (Phi) is 5.41. The summed E-state index contributed by atoms with van der Waals surface area (Å²) < 4.78 is 0. The van der Waals surface area contributed by atoms with E-state index in [1.54, 1.807) is 0 Å². The van der Waals surface area contributed by atoms with E-state index in [2.05, 4.69) is 11.8 Å². The van der Waals surface area contributed by atoms with E-state index in [-0.39, 0.29) is 5.91 Å². The molecule has 0 aromatic heterocycles. The molecule has 1 aliphatic heterocycles. The fraction of sp³-hybridized carbons (Fsp3) is 0.562. The topological polar surface area (TPSA) is 49.6 Å². The number of likely N-dealkylation sites (tertiary alicyclic amines) is 1. The highest BCUT2D eigenvalue weighted by Crippen LogP contribution is 2.14. The van der Waals surface area contributed by atoms with Crippen LogP contribution in [0.4, 0.5) is 5.69 Å². The predicted octanol–water partition coefficient (Wildman–Crippen LogP) is 2.10. The summed E-state index contributed by atoms with van der Waals surface area (Å²) >= 11 is 0. The Hall–Kier alpha value is -1.55. The van der Waals surface area contributed by atoms with Crippen LogP contribution in [0, 0.1) is 0 Å². The molecule has 0 aliphatic carbocycles. The normalized spacial score (nSPS) is 15.6. The number of nitrogens with zero attached hydrogens (tertiary/aromatic N) is 2. The number of benzene rings is 1. The number of piperidine rings is 1. The highest BCUT2D eigenvalue weighted by atomic mass is 16.2. The van der Waals surface area contributed by atoms with Crippen molar-refractivity contribution >= 4 is 11.6 Å². The number of para-hydroxylation sites is 1. The number of rotatable bonds is 5. The minimum absolute atomic E-state index is 0.251. The average molecular weight is 275 g/mol. The molecular weight excluding hydrogens is 250 g/mol. The summed E-state index contributed by atoms with van der Waals surface area (Å²) in [6.45, 7) is 6.01. The quantitative estimate of drug-likeness (QED) is 0.837. The number of carbonyl (C=O) groups excluding carboxylic acids is 1. The van der Waals surface area contributed by atoms with Gasteiger partial charge in [0.15, 0.2) is 0 Å². The maximum Gasteiger partial charge on any atom is 0.236 e. The summed E-state index contributed by atoms with van der Waals surface area (Å²) in [7, 11) is 0. The van der Waals surface area contributed by atoms with E-state index in [4.69, 9.17) is 5.73 Å². The molecule has 1 aromatic rings. The van der Waals surface area contributed by atoms with Crippen molar-refractivity contribution in [3.05, 3.63) is 29.8 Å². The molecular formula is C16H25N3O. The number of carbonyl (C=O) groups is 1. The monoisotopic (exact) mass is 275 g/mol. The van der Waals surface area contributed by atoms with Gasteiger partial charge in [-0.2, -0.15) is 0 Å².